The number of benzene rings is 1. The second kappa shape index (κ2) is 29.5. The summed E-state index contributed by atoms with van der Waals surface area (Å²) in [6, 6.07) is 2.50. The molecule has 0 spiro atoms. The summed E-state index contributed by atoms with van der Waals surface area (Å²) in [5.74, 6) is -9.05. The number of aliphatic hydroxyl groups excluding tert-OH is 1. The van der Waals surface area contributed by atoms with Gasteiger partial charge in [0.1, 0.15) is 40.8 Å². The molecule has 4 aliphatic rings. The van der Waals surface area contributed by atoms with Crippen molar-refractivity contribution in [2.45, 2.75) is 206 Å². The number of aliphatic hydroxyl groups is 2. The number of methoxy groups -OCH3 is 1. The van der Waals surface area contributed by atoms with E-state index in [0.717, 1.165) is 32.6 Å². The minimum absolute atomic E-state index is 0.00208. The quantitative estimate of drug-likeness (QED) is 0.0468. The molecule has 3 aliphatic carbocycles. The Balaban J connectivity index is 1.54. The SMILES string of the molecule is CC/C=C\C/C=C\C/C=C\C/C=C\C/C=C\C/C=C\CCC(=O)O[C@@H](C(=O)O[C@H]1C[C@@]2(O)C(OC(=O)c3ccccc3OC)C3[C@](C)(C(=O)[C@H](OC(=O)CC)C(=C1C)C2(C)C)[C@@H](O)C[C@H]1OC[C@@]31OC(C)=O)[C@@H](NC(=O)OC(C)(C)C)C(F)(F)F. The molecule has 1 aliphatic heterocycles. The van der Waals surface area contributed by atoms with Crippen molar-refractivity contribution in [2.75, 3.05) is 13.7 Å². The third-order valence-corrected chi connectivity index (χ3v) is 15.9. The fourth-order valence-electron chi connectivity index (χ4n) is 11.6. The molecule has 85 heavy (non-hydrogen) atoms. The lowest BCUT2D eigenvalue weighted by Crippen LogP contribution is -2.82. The summed E-state index contributed by atoms with van der Waals surface area (Å²) in [6.45, 7) is 13.7. The van der Waals surface area contributed by atoms with Gasteiger partial charge in [-0.05, 0) is 103 Å². The molecule has 1 amide bonds. The summed E-state index contributed by atoms with van der Waals surface area (Å²) in [4.78, 5) is 98.9. The minimum Gasteiger partial charge on any atom is -0.496 e. The first-order valence-electron chi connectivity index (χ1n) is 28.8. The Kier molecular flexibility index (Phi) is 23.9. The molecule has 3 N–H and O–H groups in total. The fourth-order valence-corrected chi connectivity index (χ4v) is 11.6. The average Bonchev–Trinajstić information content (AvgIpc) is 0.697. The summed E-state index contributed by atoms with van der Waals surface area (Å²) in [5.41, 5.74) is -10.8. The number of carbonyl (C=O) groups is 7. The van der Waals surface area contributed by atoms with Gasteiger partial charge in [0, 0.05) is 38.0 Å². The Hall–Kier alpha value is -6.84. The summed E-state index contributed by atoms with van der Waals surface area (Å²) in [7, 11) is 1.28. The van der Waals surface area contributed by atoms with Crippen LogP contribution < -0.4 is 10.1 Å². The first-order chi connectivity index (χ1) is 39.9. The van der Waals surface area contributed by atoms with Crippen LogP contribution in [0.5, 0.6) is 5.75 Å². The van der Waals surface area contributed by atoms with Gasteiger partial charge < -0.3 is 53.4 Å². The van der Waals surface area contributed by atoms with Crippen LogP contribution in [0.15, 0.2) is 108 Å². The highest BCUT2D eigenvalue weighted by molar-refractivity contribution is 5.96. The number of allylic oxidation sites excluding steroid dienone is 12. The van der Waals surface area contributed by atoms with Crippen LogP contribution in [-0.4, -0.2) is 131 Å². The van der Waals surface area contributed by atoms with Gasteiger partial charge in [0.15, 0.2) is 23.5 Å². The molecule has 18 nitrogen and oxygen atoms in total. The van der Waals surface area contributed by atoms with Gasteiger partial charge in [0.2, 0.25) is 6.10 Å². The molecule has 0 radical (unpaired) electrons. The standard InChI is InChI=1S/C64H84F3NO17/c1-12-14-15-16-17-18-19-20-21-22-23-24-25-26-27-28-29-30-31-36-48(72)82-51(53(64(65,66)67)68-58(76)85-59(5,6)7)57(75)80-44-38-63(77)55(83-56(74)42-34-32-33-35-43(42)78-11)52-61(10,45(70)37-46-62(52,39-79-46)84-41(4)69)54(73)50(81-47(71)13-2)49(40(44)3)60(63,8)9/h14-15,17-18,20-21,23-24,26-27,29-30,32-35,44-46,50-53,55,70,77H,12-13,16,19,22,25,28,31,36-39H2,1-11H3,(H,68,76)/b15-14-,18-17-,21-20-,24-23-,27-26-,30-29-/t44-,45-,46+,50+,51+,52?,53+,55?,61+,62-,63+/m0/s1. The molecule has 2 saturated carbocycles. The van der Waals surface area contributed by atoms with Gasteiger partial charge in [-0.25, -0.2) is 14.4 Å². The van der Waals surface area contributed by atoms with Gasteiger partial charge in [-0.1, -0.05) is 113 Å². The molecule has 1 aromatic carbocycles. The molecule has 1 heterocycles. The Bertz CT molecular complexity index is 2790. The number of ketones is 1. The van der Waals surface area contributed by atoms with Crippen LogP contribution in [0.25, 0.3) is 0 Å². The zero-order valence-corrected chi connectivity index (χ0v) is 50.5. The van der Waals surface area contributed by atoms with E-state index in [1.54, 1.807) is 23.5 Å². The number of para-hydroxylation sites is 1. The molecule has 2 bridgehead atoms. The van der Waals surface area contributed by atoms with Crippen LogP contribution in [0.4, 0.5) is 18.0 Å². The number of hydrogen-bond donors (Lipinski definition) is 3. The van der Waals surface area contributed by atoms with Gasteiger partial charge >= 0.3 is 42.1 Å². The maximum absolute atomic E-state index is 15.8. The summed E-state index contributed by atoms with van der Waals surface area (Å²) in [5, 5.41) is 27.8. The molecule has 21 heteroatoms. The van der Waals surface area contributed by atoms with E-state index in [4.69, 9.17) is 37.9 Å². The molecule has 1 saturated heterocycles. The third-order valence-electron chi connectivity index (χ3n) is 15.9. The van der Waals surface area contributed by atoms with E-state index in [9.17, 15) is 39.0 Å². The van der Waals surface area contributed by atoms with E-state index < -0.39 is 144 Å². The number of carbonyl (C=O) groups excluding carboxylic acids is 7. The van der Waals surface area contributed by atoms with E-state index in [1.165, 1.54) is 80.7 Å². The number of fused-ring (bicyclic) bond motifs is 5. The van der Waals surface area contributed by atoms with Crippen LogP contribution in [0.1, 0.15) is 150 Å². The van der Waals surface area contributed by atoms with Crippen molar-refractivity contribution in [3.63, 3.8) is 0 Å². The van der Waals surface area contributed by atoms with Crippen LogP contribution in [0, 0.1) is 16.7 Å². The number of nitrogens with one attached hydrogen (secondary N) is 1. The highest BCUT2D eigenvalue weighted by atomic mass is 19.4. The molecule has 468 valence electrons. The topological polar surface area (TPSA) is 246 Å². The maximum atomic E-state index is 15.8. The van der Waals surface area contributed by atoms with E-state index in [2.05, 4.69) is 43.4 Å². The van der Waals surface area contributed by atoms with Crippen molar-refractivity contribution in [3.8, 4) is 5.75 Å². The number of halogens is 3. The number of hydrogen-bond acceptors (Lipinski definition) is 17. The predicted molar refractivity (Wildman–Crippen MR) is 306 cm³/mol. The molecule has 11 atom stereocenters. The van der Waals surface area contributed by atoms with Gasteiger partial charge in [-0.3, -0.25) is 19.2 Å². The Morgan fingerprint density at radius 1 is 0.824 bits per heavy atom. The molecular weight excluding hydrogens is 1110 g/mol. The van der Waals surface area contributed by atoms with Crippen molar-refractivity contribution in [1.29, 1.82) is 0 Å². The Morgan fingerprint density at radius 3 is 1.89 bits per heavy atom. The lowest BCUT2D eigenvalue weighted by Gasteiger charge is -2.67. The van der Waals surface area contributed by atoms with Gasteiger partial charge in [-0.15, -0.1) is 0 Å². The Morgan fingerprint density at radius 2 is 1.39 bits per heavy atom. The third kappa shape index (κ3) is 16.4. The summed E-state index contributed by atoms with van der Waals surface area (Å²) in [6.07, 6.45) is 7.20. The zero-order chi connectivity index (χ0) is 63.1. The number of ether oxygens (including phenoxy) is 8. The predicted octanol–water partition coefficient (Wildman–Crippen LogP) is 10.4. The van der Waals surface area contributed by atoms with Crippen molar-refractivity contribution in [2.24, 2.45) is 16.7 Å². The number of esters is 5. The number of Topliss-reactive ketones (excluding diaryl/α,β-unsaturated/α-hetero) is 1. The monoisotopic (exact) mass is 1200 g/mol. The average molecular weight is 1200 g/mol. The molecule has 1 aromatic rings. The second-order valence-electron chi connectivity index (χ2n) is 23.3. The summed E-state index contributed by atoms with van der Waals surface area (Å²) >= 11 is 0. The minimum atomic E-state index is -5.55. The van der Waals surface area contributed by atoms with Crippen molar-refractivity contribution in [3.05, 3.63) is 114 Å². The van der Waals surface area contributed by atoms with Gasteiger partial charge in [0.25, 0.3) is 0 Å². The fraction of sp³-hybridized carbons (Fsp3) is 0.578. The van der Waals surface area contributed by atoms with E-state index >= 15 is 18.0 Å². The Labute approximate surface area is 495 Å². The summed E-state index contributed by atoms with van der Waals surface area (Å²) < 4.78 is 92.4. The van der Waals surface area contributed by atoms with E-state index in [1.807, 2.05) is 24.3 Å². The number of rotatable bonds is 25. The molecule has 5 rings (SSSR count). The van der Waals surface area contributed by atoms with E-state index in [0.29, 0.717) is 12.8 Å². The number of alkyl halides is 3. The molecule has 0 aromatic heterocycles. The van der Waals surface area contributed by atoms with Crippen LogP contribution >= 0.6 is 0 Å². The molecule has 3 fully saturated rings. The number of amides is 1. The largest absolute Gasteiger partial charge is 0.496 e. The molecule has 2 unspecified atom stereocenters. The van der Waals surface area contributed by atoms with Gasteiger partial charge in [-0.2, -0.15) is 13.2 Å². The lowest BCUT2D eigenvalue weighted by atomic mass is 9.44. The van der Waals surface area contributed by atoms with Crippen molar-refractivity contribution >= 4 is 41.7 Å². The van der Waals surface area contributed by atoms with Crippen LogP contribution in [0.3, 0.4) is 0 Å². The first-order valence-corrected chi connectivity index (χ1v) is 28.8. The normalized spacial score (nSPS) is 27.4. The molecular formula is C64H84F3NO17. The number of alkyl carbamates (subject to hydrolysis) is 1. The van der Waals surface area contributed by atoms with Crippen LogP contribution in [-0.2, 0) is 57.1 Å². The lowest BCUT2D eigenvalue weighted by molar-refractivity contribution is -0.346. The maximum Gasteiger partial charge on any atom is 0.413 e. The highest BCUT2D eigenvalue weighted by Gasteiger charge is 2.78. The second-order valence-corrected chi connectivity index (χ2v) is 23.3. The smallest absolute Gasteiger partial charge is 0.413 e. The van der Waals surface area contributed by atoms with E-state index in [-0.39, 0.29) is 41.7 Å². The van der Waals surface area contributed by atoms with Crippen molar-refractivity contribution in [1.82, 2.24) is 5.32 Å². The van der Waals surface area contributed by atoms with Gasteiger partial charge in [0.05, 0.1) is 31.2 Å². The first kappa shape index (κ1) is 68.9. The van der Waals surface area contributed by atoms with Crippen molar-refractivity contribution < 1.29 is 94.8 Å². The highest BCUT2D eigenvalue weighted by Crippen LogP contribution is 2.64. The zero-order valence-electron chi connectivity index (χ0n) is 50.5. The van der Waals surface area contributed by atoms with Crippen LogP contribution in [0.2, 0.25) is 0 Å².